The number of piperazine rings is 1. The number of aromatic nitrogens is 1. The van der Waals surface area contributed by atoms with Crippen molar-refractivity contribution in [2.45, 2.75) is 47.2 Å². The molecule has 0 unspecified atom stereocenters. The van der Waals surface area contributed by atoms with Crippen molar-refractivity contribution in [2.75, 3.05) is 39.3 Å². The molecule has 2 aromatic heterocycles. The topological polar surface area (TPSA) is 63.1 Å². The molecule has 0 aliphatic carbocycles. The third-order valence-electron chi connectivity index (χ3n) is 6.03. The first-order valence-corrected chi connectivity index (χ1v) is 11.6. The lowest BCUT2D eigenvalue weighted by Gasteiger charge is -2.31. The third kappa shape index (κ3) is 5.79. The summed E-state index contributed by atoms with van der Waals surface area (Å²) in [6, 6.07) is 7.70. The van der Waals surface area contributed by atoms with E-state index in [1.165, 1.54) is 4.90 Å². The van der Waals surface area contributed by atoms with Crippen LogP contribution in [0.5, 0.6) is 0 Å². The zero-order chi connectivity index (χ0) is 22.4. The summed E-state index contributed by atoms with van der Waals surface area (Å²) in [7, 11) is 0. The number of carbonyl (C=O) groups is 2. The van der Waals surface area contributed by atoms with E-state index in [4.69, 9.17) is 4.42 Å². The van der Waals surface area contributed by atoms with Gasteiger partial charge in [0.15, 0.2) is 5.76 Å². The minimum Gasteiger partial charge on any atom is -0.454 e. The normalized spacial score (nSPS) is 14.9. The number of amides is 2. The number of nitrogens with one attached hydrogen (secondary N) is 1. The maximum Gasteiger partial charge on any atom is 0.289 e. The molecule has 31 heavy (non-hydrogen) atoms. The maximum absolute atomic E-state index is 12.8. The van der Waals surface area contributed by atoms with Crippen LogP contribution in [0.15, 0.2) is 34.9 Å². The van der Waals surface area contributed by atoms with Gasteiger partial charge in [-0.25, -0.2) is 0 Å². The van der Waals surface area contributed by atoms with Crippen LogP contribution in [0, 0.1) is 5.92 Å². The van der Waals surface area contributed by atoms with Gasteiger partial charge in [-0.1, -0.05) is 20.8 Å². The molecule has 7 heteroatoms. The molecule has 1 fully saturated rings. The number of nitrogens with zero attached hydrogens (tertiary/aromatic N) is 3. The van der Waals surface area contributed by atoms with Gasteiger partial charge in [-0.05, 0) is 37.6 Å². The zero-order valence-corrected chi connectivity index (χ0v) is 19.4. The predicted molar refractivity (Wildman–Crippen MR) is 120 cm³/mol. The van der Waals surface area contributed by atoms with E-state index < -0.39 is 0 Å². The number of rotatable bonds is 9. The van der Waals surface area contributed by atoms with Crippen LogP contribution in [0.2, 0.25) is 0 Å². The Kier molecular flexibility index (Phi) is 7.96. The van der Waals surface area contributed by atoms with Crippen LogP contribution in [-0.2, 0) is 17.9 Å². The van der Waals surface area contributed by atoms with Gasteiger partial charge in [0.2, 0.25) is 5.91 Å². The zero-order valence-electron chi connectivity index (χ0n) is 19.4. The van der Waals surface area contributed by atoms with Crippen molar-refractivity contribution in [3.63, 3.8) is 0 Å². The highest BCUT2D eigenvalue weighted by molar-refractivity contribution is 5.91. The summed E-state index contributed by atoms with van der Waals surface area (Å²) in [6.45, 7) is 14.6. The molecule has 2 amide bonds. The highest BCUT2D eigenvalue weighted by Crippen LogP contribution is 2.16. The predicted octanol–water partition coefficient (Wildman–Crippen LogP) is 1.88. The number of hydrogen-bond donors (Lipinski definition) is 1. The summed E-state index contributed by atoms with van der Waals surface area (Å²) in [4.78, 5) is 30.7. The quantitative estimate of drug-likeness (QED) is 0.662. The summed E-state index contributed by atoms with van der Waals surface area (Å²) in [5.41, 5.74) is 1.06. The second-order valence-electron chi connectivity index (χ2n) is 8.70. The molecule has 1 saturated heterocycles. The Labute approximate surface area is 185 Å². The Morgan fingerprint density at radius 3 is 2.55 bits per heavy atom. The average Bonchev–Trinajstić information content (AvgIpc) is 3.42. The van der Waals surface area contributed by atoms with Crippen LogP contribution in [0.25, 0.3) is 0 Å². The van der Waals surface area contributed by atoms with E-state index in [1.807, 2.05) is 48.0 Å². The highest BCUT2D eigenvalue weighted by Gasteiger charge is 2.25. The van der Waals surface area contributed by atoms with Crippen molar-refractivity contribution < 1.29 is 18.9 Å². The van der Waals surface area contributed by atoms with E-state index in [0.717, 1.165) is 57.1 Å². The summed E-state index contributed by atoms with van der Waals surface area (Å²) in [6.07, 6.45) is 2.92. The maximum atomic E-state index is 12.8. The van der Waals surface area contributed by atoms with Gasteiger partial charge in [-0.15, -0.1) is 0 Å². The van der Waals surface area contributed by atoms with Crippen molar-refractivity contribution in [3.8, 4) is 0 Å². The molecule has 3 rings (SSSR count). The largest absolute Gasteiger partial charge is 0.454 e. The van der Waals surface area contributed by atoms with Gasteiger partial charge >= 0.3 is 0 Å². The Hall–Kier alpha value is -2.54. The Morgan fingerprint density at radius 1 is 1.16 bits per heavy atom. The molecule has 2 aromatic rings. The van der Waals surface area contributed by atoms with E-state index in [-0.39, 0.29) is 17.7 Å². The SMILES string of the molecule is CCCN(Cc1cccn1Cc1ccc(C(=O)N2CC[NH+](CC)CC2)o1)C(=O)C(C)C. The monoisotopic (exact) mass is 429 g/mol. The highest BCUT2D eigenvalue weighted by atomic mass is 16.4. The molecular weight excluding hydrogens is 392 g/mol. The van der Waals surface area contributed by atoms with Crippen LogP contribution in [-0.4, -0.2) is 65.4 Å². The van der Waals surface area contributed by atoms with Crippen molar-refractivity contribution in [2.24, 2.45) is 5.92 Å². The summed E-state index contributed by atoms with van der Waals surface area (Å²) in [5.74, 6) is 1.28. The fourth-order valence-corrected chi connectivity index (χ4v) is 4.13. The minimum absolute atomic E-state index is 0.0191. The number of furan rings is 1. The number of quaternary nitrogens is 1. The van der Waals surface area contributed by atoms with Crippen molar-refractivity contribution in [1.29, 1.82) is 0 Å². The van der Waals surface area contributed by atoms with Crippen molar-refractivity contribution in [3.05, 3.63) is 47.7 Å². The summed E-state index contributed by atoms with van der Waals surface area (Å²) >= 11 is 0. The molecule has 0 radical (unpaired) electrons. The lowest BCUT2D eigenvalue weighted by Crippen LogP contribution is -3.14. The van der Waals surface area contributed by atoms with Gasteiger partial charge in [0.05, 0.1) is 45.8 Å². The fraction of sp³-hybridized carbons (Fsp3) is 0.583. The first kappa shape index (κ1) is 23.1. The van der Waals surface area contributed by atoms with E-state index >= 15 is 0 Å². The standard InChI is InChI=1S/C24H36N4O3/c1-5-11-28(23(29)19(3)4)17-20-8-7-12-27(20)18-21-9-10-22(31-21)24(30)26-15-13-25(6-2)14-16-26/h7-10,12,19H,5-6,11,13-18H2,1-4H3/p+1. The van der Waals surface area contributed by atoms with E-state index in [0.29, 0.717) is 18.8 Å². The van der Waals surface area contributed by atoms with Gasteiger partial charge in [0.25, 0.3) is 5.91 Å². The fourth-order valence-electron chi connectivity index (χ4n) is 4.13. The molecular formula is C24H37N4O3+. The number of likely N-dealkylation sites (N-methyl/N-ethyl adjacent to an activating group) is 1. The lowest BCUT2D eigenvalue weighted by molar-refractivity contribution is -0.902. The Morgan fingerprint density at radius 2 is 1.90 bits per heavy atom. The van der Waals surface area contributed by atoms with Crippen molar-refractivity contribution >= 4 is 11.8 Å². The molecule has 0 aromatic carbocycles. The van der Waals surface area contributed by atoms with Gasteiger partial charge in [0.1, 0.15) is 5.76 Å². The summed E-state index contributed by atoms with van der Waals surface area (Å²) < 4.78 is 8.01. The van der Waals surface area contributed by atoms with Crippen LogP contribution in [0.1, 0.15) is 56.1 Å². The van der Waals surface area contributed by atoms with Gasteiger partial charge in [0, 0.05) is 24.4 Å². The van der Waals surface area contributed by atoms with Crippen LogP contribution in [0.4, 0.5) is 0 Å². The molecule has 1 aliphatic rings. The van der Waals surface area contributed by atoms with E-state index in [1.54, 1.807) is 6.07 Å². The van der Waals surface area contributed by atoms with Gasteiger partial charge in [-0.3, -0.25) is 9.59 Å². The number of carbonyl (C=O) groups excluding carboxylic acids is 2. The first-order valence-electron chi connectivity index (χ1n) is 11.6. The van der Waals surface area contributed by atoms with Crippen LogP contribution in [0.3, 0.4) is 0 Å². The Bertz CT molecular complexity index is 862. The molecule has 0 spiro atoms. The van der Waals surface area contributed by atoms with Gasteiger partial charge in [-0.2, -0.15) is 0 Å². The second-order valence-corrected chi connectivity index (χ2v) is 8.70. The van der Waals surface area contributed by atoms with Crippen LogP contribution < -0.4 is 4.90 Å². The molecule has 0 atom stereocenters. The molecule has 0 bridgehead atoms. The third-order valence-corrected chi connectivity index (χ3v) is 6.03. The van der Waals surface area contributed by atoms with E-state index in [2.05, 4.69) is 18.4 Å². The van der Waals surface area contributed by atoms with Gasteiger partial charge < -0.3 is 23.7 Å². The molecule has 170 valence electrons. The molecule has 1 aliphatic heterocycles. The number of hydrogen-bond acceptors (Lipinski definition) is 3. The second kappa shape index (κ2) is 10.7. The molecule has 1 N–H and O–H groups in total. The smallest absolute Gasteiger partial charge is 0.289 e. The molecule has 7 nitrogen and oxygen atoms in total. The minimum atomic E-state index is -0.0224. The first-order chi connectivity index (χ1) is 14.9. The van der Waals surface area contributed by atoms with Crippen molar-refractivity contribution in [1.82, 2.24) is 14.4 Å². The molecule has 3 heterocycles. The van der Waals surface area contributed by atoms with Crippen LogP contribution >= 0.6 is 0 Å². The summed E-state index contributed by atoms with van der Waals surface area (Å²) in [5, 5.41) is 0. The van der Waals surface area contributed by atoms with E-state index in [9.17, 15) is 9.59 Å². The molecule has 0 saturated carbocycles. The average molecular weight is 430 g/mol. The lowest BCUT2D eigenvalue weighted by atomic mass is 10.2. The Balaban J connectivity index is 1.64.